The lowest BCUT2D eigenvalue weighted by atomic mass is 10.2. The first-order valence-electron chi connectivity index (χ1n) is 10.1. The number of amides is 1. The Morgan fingerprint density at radius 2 is 1.81 bits per heavy atom. The van der Waals surface area contributed by atoms with E-state index in [9.17, 15) is 9.59 Å². The van der Waals surface area contributed by atoms with Crippen molar-refractivity contribution in [1.82, 2.24) is 9.55 Å². The lowest BCUT2D eigenvalue weighted by molar-refractivity contribution is -0.115. The van der Waals surface area contributed by atoms with Crippen molar-refractivity contribution >= 4 is 45.9 Å². The number of carbonyl (C=O) groups is 1. The van der Waals surface area contributed by atoms with Gasteiger partial charge in [0.25, 0.3) is 5.56 Å². The number of hydrogen-bond donors (Lipinski definition) is 0. The third kappa shape index (κ3) is 4.87. The number of nitrogens with zero attached hydrogens (tertiary/aromatic N) is 3. The van der Waals surface area contributed by atoms with E-state index in [1.807, 2.05) is 61.5 Å². The van der Waals surface area contributed by atoms with Crippen molar-refractivity contribution in [3.05, 3.63) is 99.3 Å². The Hall–Kier alpha value is -3.09. The number of carbonyl (C=O) groups excluding carboxylic acids is 1. The van der Waals surface area contributed by atoms with Gasteiger partial charge in [0, 0.05) is 17.8 Å². The van der Waals surface area contributed by atoms with Crippen molar-refractivity contribution < 1.29 is 4.79 Å². The van der Waals surface area contributed by atoms with Crippen molar-refractivity contribution in [2.75, 3.05) is 17.7 Å². The van der Waals surface area contributed by atoms with Gasteiger partial charge in [0.1, 0.15) is 0 Å². The minimum atomic E-state index is -0.132. The fourth-order valence-electron chi connectivity index (χ4n) is 3.37. The molecular weight excluding hydrogens is 442 g/mol. The Morgan fingerprint density at radius 1 is 1.06 bits per heavy atom. The second-order valence-corrected chi connectivity index (χ2v) is 8.89. The summed E-state index contributed by atoms with van der Waals surface area (Å²) >= 11 is 7.27. The molecule has 0 unspecified atom stereocenters. The number of hydrogen-bond acceptors (Lipinski definition) is 4. The summed E-state index contributed by atoms with van der Waals surface area (Å²) in [7, 11) is 1.76. The van der Waals surface area contributed by atoms with Crippen LogP contribution in [0.2, 0.25) is 5.02 Å². The molecule has 1 amide bonds. The molecule has 4 aromatic rings. The van der Waals surface area contributed by atoms with Crippen LogP contribution in [0.1, 0.15) is 11.1 Å². The summed E-state index contributed by atoms with van der Waals surface area (Å²) in [5, 5.41) is 1.70. The van der Waals surface area contributed by atoms with Crippen LogP contribution in [0.5, 0.6) is 0 Å². The summed E-state index contributed by atoms with van der Waals surface area (Å²) in [6, 6.07) is 22.4. The Labute approximate surface area is 195 Å². The molecule has 0 saturated heterocycles. The summed E-state index contributed by atoms with van der Waals surface area (Å²) in [6.45, 7) is 2.34. The van der Waals surface area contributed by atoms with E-state index >= 15 is 0 Å². The third-order valence-electron chi connectivity index (χ3n) is 5.17. The van der Waals surface area contributed by atoms with E-state index in [0.717, 1.165) is 16.8 Å². The van der Waals surface area contributed by atoms with Crippen LogP contribution < -0.4 is 10.5 Å². The highest BCUT2D eigenvalue weighted by Gasteiger charge is 2.16. The molecule has 0 N–H and O–H groups in total. The Bertz CT molecular complexity index is 1340. The van der Waals surface area contributed by atoms with Gasteiger partial charge in [-0.2, -0.15) is 0 Å². The monoisotopic (exact) mass is 463 g/mol. The quantitative estimate of drug-likeness (QED) is 0.292. The average molecular weight is 464 g/mol. The van der Waals surface area contributed by atoms with Gasteiger partial charge in [-0.25, -0.2) is 4.98 Å². The summed E-state index contributed by atoms with van der Waals surface area (Å²) in [5.74, 6) is 0.0941. The molecule has 162 valence electrons. The van der Waals surface area contributed by atoms with Crippen LogP contribution in [-0.4, -0.2) is 28.3 Å². The third-order valence-corrected chi connectivity index (χ3v) is 6.38. The summed E-state index contributed by atoms with van der Waals surface area (Å²) < 4.78 is 1.62. The maximum absolute atomic E-state index is 13.2. The molecule has 0 fully saturated rings. The molecule has 0 bridgehead atoms. The minimum Gasteiger partial charge on any atom is -0.315 e. The number of para-hydroxylation sites is 1. The number of benzene rings is 3. The van der Waals surface area contributed by atoms with Gasteiger partial charge >= 0.3 is 0 Å². The largest absolute Gasteiger partial charge is 0.315 e. The molecule has 0 aliphatic carbocycles. The van der Waals surface area contributed by atoms with Gasteiger partial charge in [0.05, 0.1) is 23.2 Å². The summed E-state index contributed by atoms with van der Waals surface area (Å²) in [4.78, 5) is 32.4. The van der Waals surface area contributed by atoms with Gasteiger partial charge in [-0.1, -0.05) is 59.8 Å². The maximum Gasteiger partial charge on any atom is 0.262 e. The fourth-order valence-corrected chi connectivity index (χ4v) is 4.41. The Balaban J connectivity index is 1.64. The Kier molecular flexibility index (Phi) is 6.63. The fraction of sp³-hybridized carbons (Fsp3) is 0.160. The predicted octanol–water partition coefficient (Wildman–Crippen LogP) is 5.16. The van der Waals surface area contributed by atoms with Gasteiger partial charge in [-0.05, 0) is 54.4 Å². The first-order chi connectivity index (χ1) is 15.4. The highest BCUT2D eigenvalue weighted by atomic mass is 35.5. The summed E-state index contributed by atoms with van der Waals surface area (Å²) in [5.41, 5.74) is 3.33. The Morgan fingerprint density at radius 3 is 2.56 bits per heavy atom. The normalized spacial score (nSPS) is 11.0. The van der Waals surface area contributed by atoms with Crippen molar-refractivity contribution in [3.63, 3.8) is 0 Å². The van der Waals surface area contributed by atoms with E-state index in [0.29, 0.717) is 27.6 Å². The van der Waals surface area contributed by atoms with Crippen LogP contribution in [0.15, 0.2) is 82.7 Å². The smallest absolute Gasteiger partial charge is 0.262 e. The van der Waals surface area contributed by atoms with E-state index in [-0.39, 0.29) is 17.2 Å². The van der Waals surface area contributed by atoms with E-state index in [4.69, 9.17) is 16.6 Å². The molecule has 3 aromatic carbocycles. The maximum atomic E-state index is 13.2. The van der Waals surface area contributed by atoms with Gasteiger partial charge < -0.3 is 4.90 Å². The summed E-state index contributed by atoms with van der Waals surface area (Å²) in [6.07, 6.45) is 0. The molecule has 1 heterocycles. The molecule has 0 aliphatic rings. The zero-order chi connectivity index (χ0) is 22.7. The molecule has 1 aromatic heterocycles. The van der Waals surface area contributed by atoms with E-state index in [2.05, 4.69) is 0 Å². The van der Waals surface area contributed by atoms with Gasteiger partial charge in [0.2, 0.25) is 5.91 Å². The molecule has 5 nitrogen and oxygen atoms in total. The molecular formula is C25H22ClN3O2S. The molecule has 0 spiro atoms. The van der Waals surface area contributed by atoms with Gasteiger partial charge in [-0.3, -0.25) is 14.2 Å². The van der Waals surface area contributed by atoms with Crippen LogP contribution in [0.4, 0.5) is 5.69 Å². The molecule has 0 aliphatic heterocycles. The van der Waals surface area contributed by atoms with Crippen LogP contribution in [-0.2, 0) is 11.3 Å². The van der Waals surface area contributed by atoms with Crippen molar-refractivity contribution in [2.45, 2.75) is 18.6 Å². The van der Waals surface area contributed by atoms with E-state index < -0.39 is 0 Å². The lowest BCUT2D eigenvalue weighted by Gasteiger charge is -2.18. The molecule has 32 heavy (non-hydrogen) atoms. The number of aromatic nitrogens is 2. The highest BCUT2D eigenvalue weighted by molar-refractivity contribution is 7.99. The first kappa shape index (κ1) is 22.1. The van der Waals surface area contributed by atoms with Crippen LogP contribution in [0, 0.1) is 6.92 Å². The van der Waals surface area contributed by atoms with Gasteiger partial charge in [0.15, 0.2) is 5.16 Å². The number of thioether (sulfide) groups is 1. The second-order valence-electron chi connectivity index (χ2n) is 7.51. The van der Waals surface area contributed by atoms with Crippen molar-refractivity contribution in [3.8, 4) is 0 Å². The number of rotatable bonds is 6. The van der Waals surface area contributed by atoms with E-state index in [1.54, 1.807) is 34.7 Å². The average Bonchev–Trinajstić information content (AvgIpc) is 2.80. The first-order valence-corrected chi connectivity index (χ1v) is 11.5. The number of fused-ring (bicyclic) bond motifs is 1. The number of anilines is 1. The highest BCUT2D eigenvalue weighted by Crippen LogP contribution is 2.22. The van der Waals surface area contributed by atoms with Crippen molar-refractivity contribution in [2.24, 2.45) is 0 Å². The minimum absolute atomic E-state index is 0.0685. The van der Waals surface area contributed by atoms with E-state index in [1.165, 1.54) is 11.8 Å². The van der Waals surface area contributed by atoms with Crippen LogP contribution in [0.3, 0.4) is 0 Å². The SMILES string of the molecule is Cc1cccc(N(C)C(=O)CSc2nc3ccccc3c(=O)n2Cc2ccc(Cl)cc2)c1. The number of aryl methyl sites for hydroxylation is 1. The number of halogens is 1. The second kappa shape index (κ2) is 9.59. The lowest BCUT2D eigenvalue weighted by Crippen LogP contribution is -2.29. The zero-order valence-corrected chi connectivity index (χ0v) is 19.4. The molecule has 0 atom stereocenters. The zero-order valence-electron chi connectivity index (χ0n) is 17.8. The van der Waals surface area contributed by atoms with Crippen molar-refractivity contribution in [1.29, 1.82) is 0 Å². The molecule has 7 heteroatoms. The topological polar surface area (TPSA) is 55.2 Å². The molecule has 4 rings (SSSR count). The standard InChI is InChI=1S/C25H22ClN3O2S/c1-17-6-5-7-20(14-17)28(2)23(30)16-32-25-27-22-9-4-3-8-21(22)24(31)29(25)15-18-10-12-19(26)13-11-18/h3-14H,15-16H2,1-2H3. The van der Waals surface area contributed by atoms with Crippen LogP contribution >= 0.6 is 23.4 Å². The van der Waals surface area contributed by atoms with Gasteiger partial charge in [-0.15, -0.1) is 0 Å². The predicted molar refractivity (Wildman–Crippen MR) is 132 cm³/mol. The molecule has 0 saturated carbocycles. The van der Waals surface area contributed by atoms with Crippen LogP contribution in [0.25, 0.3) is 10.9 Å². The molecule has 0 radical (unpaired) electrons.